The summed E-state index contributed by atoms with van der Waals surface area (Å²) in [5.74, 6) is 0.307. The topological polar surface area (TPSA) is 75.4 Å². The van der Waals surface area contributed by atoms with E-state index < -0.39 is 0 Å². The second-order valence-electron chi connectivity index (χ2n) is 3.75. The Balaban J connectivity index is 1.97. The van der Waals surface area contributed by atoms with Crippen molar-refractivity contribution in [2.45, 2.75) is 31.8 Å². The van der Waals surface area contributed by atoms with Crippen LogP contribution in [0.1, 0.15) is 25.7 Å². The first-order chi connectivity index (χ1) is 6.18. The second kappa shape index (κ2) is 5.19. The van der Waals surface area contributed by atoms with Crippen LogP contribution in [0.3, 0.4) is 0 Å². The second-order valence-corrected chi connectivity index (χ2v) is 3.75. The van der Waals surface area contributed by atoms with E-state index in [9.17, 15) is 9.90 Å². The van der Waals surface area contributed by atoms with E-state index in [1.165, 1.54) is 0 Å². The quantitative estimate of drug-likeness (QED) is 0.512. The highest BCUT2D eigenvalue weighted by Crippen LogP contribution is 2.24. The van der Waals surface area contributed by atoms with Crippen LogP contribution in [-0.2, 0) is 4.79 Å². The molecule has 2 unspecified atom stereocenters. The molecule has 2 atom stereocenters. The summed E-state index contributed by atoms with van der Waals surface area (Å²) in [5, 5.41) is 12.4. The van der Waals surface area contributed by atoms with Gasteiger partial charge in [0.05, 0.1) is 6.10 Å². The van der Waals surface area contributed by atoms with Gasteiger partial charge in [0.1, 0.15) is 0 Å². The number of nitrogens with two attached hydrogens (primary N) is 1. The lowest BCUT2D eigenvalue weighted by molar-refractivity contribution is -0.117. The molecule has 4 N–H and O–H groups in total. The first-order valence-corrected chi connectivity index (χ1v) is 4.85. The lowest BCUT2D eigenvalue weighted by Crippen LogP contribution is -2.26. The molecule has 1 aliphatic rings. The highest BCUT2D eigenvalue weighted by atomic mass is 16.3. The third-order valence-electron chi connectivity index (χ3n) is 2.49. The molecule has 1 aliphatic carbocycles. The first kappa shape index (κ1) is 10.5. The molecule has 0 saturated heterocycles. The Morgan fingerprint density at radius 2 is 2.31 bits per heavy atom. The van der Waals surface area contributed by atoms with Crippen molar-refractivity contribution in [2.75, 3.05) is 13.1 Å². The summed E-state index contributed by atoms with van der Waals surface area (Å²) in [6, 6.07) is 0. The Bertz CT molecular complexity index is 173. The molecule has 1 amide bonds. The fourth-order valence-corrected chi connectivity index (χ4v) is 1.75. The van der Waals surface area contributed by atoms with Crippen molar-refractivity contribution in [3.05, 3.63) is 0 Å². The van der Waals surface area contributed by atoms with E-state index in [2.05, 4.69) is 5.32 Å². The molecular formula is C9H18N2O2. The summed E-state index contributed by atoms with van der Waals surface area (Å²) < 4.78 is 0. The van der Waals surface area contributed by atoms with Gasteiger partial charge in [-0.2, -0.15) is 0 Å². The normalized spacial score (nSPS) is 27.8. The smallest absolute Gasteiger partial charge is 0.218 e. The summed E-state index contributed by atoms with van der Waals surface area (Å²) in [6.45, 7) is 1.55. The Kier molecular flexibility index (Phi) is 4.18. The third-order valence-corrected chi connectivity index (χ3v) is 2.49. The number of rotatable bonds is 5. The van der Waals surface area contributed by atoms with E-state index in [4.69, 9.17) is 5.73 Å². The average Bonchev–Trinajstić information content (AvgIpc) is 2.45. The van der Waals surface area contributed by atoms with Crippen molar-refractivity contribution in [1.29, 1.82) is 0 Å². The monoisotopic (exact) mass is 186 g/mol. The number of carbonyl (C=O) groups is 1. The summed E-state index contributed by atoms with van der Waals surface area (Å²) >= 11 is 0. The van der Waals surface area contributed by atoms with Crippen molar-refractivity contribution < 1.29 is 9.90 Å². The zero-order valence-corrected chi connectivity index (χ0v) is 7.83. The van der Waals surface area contributed by atoms with Crippen molar-refractivity contribution in [3.63, 3.8) is 0 Å². The highest BCUT2D eigenvalue weighted by molar-refractivity contribution is 5.73. The lowest BCUT2D eigenvalue weighted by Gasteiger charge is -2.09. The zero-order chi connectivity index (χ0) is 9.68. The number of amides is 1. The molecular weight excluding hydrogens is 168 g/mol. The van der Waals surface area contributed by atoms with Crippen LogP contribution in [-0.4, -0.2) is 30.2 Å². The molecule has 4 heteroatoms. The number of primary amides is 1. The van der Waals surface area contributed by atoms with Crippen LogP contribution in [0, 0.1) is 5.92 Å². The van der Waals surface area contributed by atoms with Gasteiger partial charge < -0.3 is 16.2 Å². The van der Waals surface area contributed by atoms with Gasteiger partial charge >= 0.3 is 0 Å². The molecule has 1 fully saturated rings. The Morgan fingerprint density at radius 3 is 2.85 bits per heavy atom. The molecule has 0 aromatic carbocycles. The fourth-order valence-electron chi connectivity index (χ4n) is 1.75. The third kappa shape index (κ3) is 4.24. The molecule has 0 bridgehead atoms. The number of aliphatic hydroxyl groups excluding tert-OH is 1. The molecule has 0 aliphatic heterocycles. The summed E-state index contributed by atoms with van der Waals surface area (Å²) in [4.78, 5) is 10.4. The van der Waals surface area contributed by atoms with Crippen LogP contribution in [0.15, 0.2) is 0 Å². The van der Waals surface area contributed by atoms with E-state index in [1.807, 2.05) is 0 Å². The number of hydrogen-bond donors (Lipinski definition) is 3. The molecule has 0 aromatic heterocycles. The Morgan fingerprint density at radius 1 is 1.54 bits per heavy atom. The van der Waals surface area contributed by atoms with Crippen LogP contribution >= 0.6 is 0 Å². The van der Waals surface area contributed by atoms with Crippen LogP contribution in [0.4, 0.5) is 0 Å². The summed E-state index contributed by atoms with van der Waals surface area (Å²) in [7, 11) is 0. The Hall–Kier alpha value is -0.610. The van der Waals surface area contributed by atoms with Gasteiger partial charge in [-0.25, -0.2) is 0 Å². The van der Waals surface area contributed by atoms with Crippen molar-refractivity contribution in [1.82, 2.24) is 5.32 Å². The predicted octanol–water partition coefficient (Wildman–Crippen LogP) is -0.388. The molecule has 13 heavy (non-hydrogen) atoms. The van der Waals surface area contributed by atoms with E-state index >= 15 is 0 Å². The number of carbonyl (C=O) groups excluding carboxylic acids is 1. The van der Waals surface area contributed by atoms with E-state index in [0.717, 1.165) is 25.8 Å². The maximum atomic E-state index is 10.4. The van der Waals surface area contributed by atoms with Crippen molar-refractivity contribution >= 4 is 5.91 Å². The molecule has 0 aromatic rings. The van der Waals surface area contributed by atoms with Crippen LogP contribution < -0.4 is 11.1 Å². The van der Waals surface area contributed by atoms with Crippen LogP contribution in [0.25, 0.3) is 0 Å². The number of hydrogen-bond acceptors (Lipinski definition) is 3. The number of nitrogens with one attached hydrogen (secondary N) is 1. The predicted molar refractivity (Wildman–Crippen MR) is 50.0 cm³/mol. The minimum atomic E-state index is -0.265. The Labute approximate surface area is 78.5 Å². The van der Waals surface area contributed by atoms with E-state index in [1.54, 1.807) is 0 Å². The van der Waals surface area contributed by atoms with Crippen LogP contribution in [0.5, 0.6) is 0 Å². The average molecular weight is 186 g/mol. The zero-order valence-electron chi connectivity index (χ0n) is 7.83. The van der Waals surface area contributed by atoms with Gasteiger partial charge in [0.15, 0.2) is 0 Å². The summed E-state index contributed by atoms with van der Waals surface area (Å²) in [5.41, 5.74) is 4.99. The fraction of sp³-hybridized carbons (Fsp3) is 0.889. The SMILES string of the molecule is NC(=O)CCNCC1CCC(O)C1. The molecule has 1 saturated carbocycles. The summed E-state index contributed by atoms with van der Waals surface area (Å²) in [6.07, 6.45) is 3.19. The maximum Gasteiger partial charge on any atom is 0.218 e. The van der Waals surface area contributed by atoms with Gasteiger partial charge in [-0.15, -0.1) is 0 Å². The molecule has 1 rings (SSSR count). The van der Waals surface area contributed by atoms with Gasteiger partial charge in [0, 0.05) is 13.0 Å². The highest BCUT2D eigenvalue weighted by Gasteiger charge is 2.21. The van der Waals surface area contributed by atoms with Crippen molar-refractivity contribution in [3.8, 4) is 0 Å². The molecule has 76 valence electrons. The van der Waals surface area contributed by atoms with E-state index in [-0.39, 0.29) is 12.0 Å². The molecule has 4 nitrogen and oxygen atoms in total. The van der Waals surface area contributed by atoms with Gasteiger partial charge in [-0.3, -0.25) is 4.79 Å². The van der Waals surface area contributed by atoms with Gasteiger partial charge in [0.25, 0.3) is 0 Å². The van der Waals surface area contributed by atoms with Gasteiger partial charge in [-0.05, 0) is 31.7 Å². The first-order valence-electron chi connectivity index (χ1n) is 4.85. The van der Waals surface area contributed by atoms with Gasteiger partial charge in [0.2, 0.25) is 5.91 Å². The maximum absolute atomic E-state index is 10.4. The molecule has 0 spiro atoms. The van der Waals surface area contributed by atoms with E-state index in [0.29, 0.717) is 18.9 Å². The standard InChI is InChI=1S/C9H18N2O2/c10-9(13)3-4-11-6-7-1-2-8(12)5-7/h7-8,11-12H,1-6H2,(H2,10,13). The van der Waals surface area contributed by atoms with Crippen molar-refractivity contribution in [2.24, 2.45) is 11.7 Å². The van der Waals surface area contributed by atoms with Gasteiger partial charge in [-0.1, -0.05) is 0 Å². The molecule has 0 radical (unpaired) electrons. The molecule has 0 heterocycles. The number of aliphatic hydroxyl groups is 1. The minimum Gasteiger partial charge on any atom is -0.393 e. The minimum absolute atomic E-state index is 0.108. The largest absolute Gasteiger partial charge is 0.393 e. The lowest BCUT2D eigenvalue weighted by atomic mass is 10.1. The van der Waals surface area contributed by atoms with Crippen LogP contribution in [0.2, 0.25) is 0 Å².